The van der Waals surface area contributed by atoms with Gasteiger partial charge in [0.25, 0.3) is 0 Å². The zero-order valence-corrected chi connectivity index (χ0v) is 21.7. The number of fused-ring (bicyclic) bond motifs is 1. The fraction of sp³-hybridized carbons (Fsp3) is 0.250. The van der Waals surface area contributed by atoms with Crippen LogP contribution in [0.3, 0.4) is 0 Å². The summed E-state index contributed by atoms with van der Waals surface area (Å²) >= 11 is 3.39. The standard InChI is InChI=1S/C28H28N4O2S2/c1-3-14-34-25-9-5-4-8-20(25)17-32-18-22(36-27-10-6-7-13-29-27)16-24(32)28(33)31-21-11-12-26-23(15-21)30-19(2)35-26/h3-13,15,22,24H,1,14,16-18H2,2H3,(H,31,33)/t22-,24+/m1/s1. The van der Waals surface area contributed by atoms with Crippen LogP contribution in [0.15, 0.2) is 84.5 Å². The Morgan fingerprint density at radius 3 is 2.94 bits per heavy atom. The Hall–Kier alpha value is -3.20. The normalized spacial score (nSPS) is 17.8. The molecule has 184 valence electrons. The fourth-order valence-corrected chi connectivity index (χ4v) is 6.44. The van der Waals surface area contributed by atoms with Gasteiger partial charge in [-0.25, -0.2) is 9.97 Å². The number of nitrogens with zero attached hydrogens (tertiary/aromatic N) is 3. The Kier molecular flexibility index (Phi) is 7.65. The van der Waals surface area contributed by atoms with Gasteiger partial charge in [-0.05, 0) is 49.7 Å². The maximum atomic E-state index is 13.6. The van der Waals surface area contributed by atoms with Crippen molar-refractivity contribution in [2.24, 2.45) is 0 Å². The van der Waals surface area contributed by atoms with Crippen LogP contribution in [0.4, 0.5) is 5.69 Å². The number of amides is 1. The zero-order valence-electron chi connectivity index (χ0n) is 20.1. The Balaban J connectivity index is 1.36. The van der Waals surface area contributed by atoms with Crippen LogP contribution in [-0.4, -0.2) is 45.2 Å². The van der Waals surface area contributed by atoms with Crippen molar-refractivity contribution in [3.8, 4) is 5.75 Å². The highest BCUT2D eigenvalue weighted by Crippen LogP contribution is 2.34. The van der Waals surface area contributed by atoms with Crippen molar-refractivity contribution < 1.29 is 9.53 Å². The van der Waals surface area contributed by atoms with Crippen LogP contribution in [0.25, 0.3) is 10.2 Å². The van der Waals surface area contributed by atoms with E-state index >= 15 is 0 Å². The van der Waals surface area contributed by atoms with Crippen molar-refractivity contribution >= 4 is 44.9 Å². The number of rotatable bonds is 9. The lowest BCUT2D eigenvalue weighted by atomic mass is 10.1. The van der Waals surface area contributed by atoms with Gasteiger partial charge in [-0.2, -0.15) is 0 Å². The molecule has 0 radical (unpaired) electrons. The topological polar surface area (TPSA) is 67.3 Å². The van der Waals surface area contributed by atoms with E-state index in [1.54, 1.807) is 29.2 Å². The molecule has 4 aromatic rings. The Bertz CT molecular complexity index is 1360. The number of hydrogen-bond donors (Lipinski definition) is 1. The first kappa shape index (κ1) is 24.5. The number of hydrogen-bond acceptors (Lipinski definition) is 7. The van der Waals surface area contributed by atoms with Crippen LogP contribution in [0.5, 0.6) is 5.75 Å². The van der Waals surface area contributed by atoms with Gasteiger partial charge in [0.05, 0.1) is 26.3 Å². The molecule has 5 rings (SSSR count). The molecule has 2 atom stereocenters. The summed E-state index contributed by atoms with van der Waals surface area (Å²) in [5.41, 5.74) is 2.74. The molecule has 1 N–H and O–H groups in total. The SMILES string of the molecule is C=CCOc1ccccc1CN1C[C@H](Sc2ccccn2)C[C@H]1C(=O)Nc1ccc2sc(C)nc2c1. The van der Waals surface area contributed by atoms with E-state index < -0.39 is 0 Å². The number of nitrogens with one attached hydrogen (secondary N) is 1. The predicted octanol–water partition coefficient (Wildman–Crippen LogP) is 5.94. The molecule has 0 saturated carbocycles. The van der Waals surface area contributed by atoms with E-state index in [4.69, 9.17) is 4.74 Å². The third kappa shape index (κ3) is 5.78. The fourth-order valence-electron chi connectivity index (χ4n) is 4.47. The Labute approximate surface area is 219 Å². The van der Waals surface area contributed by atoms with E-state index in [9.17, 15) is 4.79 Å². The summed E-state index contributed by atoms with van der Waals surface area (Å²) in [7, 11) is 0. The third-order valence-corrected chi connectivity index (χ3v) is 8.17. The first-order valence-corrected chi connectivity index (χ1v) is 13.6. The molecule has 2 aromatic heterocycles. The lowest BCUT2D eigenvalue weighted by Gasteiger charge is -2.24. The van der Waals surface area contributed by atoms with Gasteiger partial charge in [-0.1, -0.05) is 36.9 Å². The van der Waals surface area contributed by atoms with Gasteiger partial charge in [-0.15, -0.1) is 23.1 Å². The summed E-state index contributed by atoms with van der Waals surface area (Å²) in [6.07, 6.45) is 4.28. The molecule has 36 heavy (non-hydrogen) atoms. The number of ether oxygens (including phenoxy) is 1. The minimum atomic E-state index is -0.272. The van der Waals surface area contributed by atoms with Gasteiger partial charge < -0.3 is 10.1 Å². The summed E-state index contributed by atoms with van der Waals surface area (Å²) in [6.45, 7) is 7.59. The van der Waals surface area contributed by atoms with Gasteiger partial charge in [-0.3, -0.25) is 9.69 Å². The molecule has 1 fully saturated rings. The Morgan fingerprint density at radius 2 is 2.11 bits per heavy atom. The first-order valence-electron chi connectivity index (χ1n) is 11.9. The lowest BCUT2D eigenvalue weighted by Crippen LogP contribution is -2.39. The van der Waals surface area contributed by atoms with Crippen molar-refractivity contribution in [2.45, 2.75) is 36.2 Å². The van der Waals surface area contributed by atoms with Crippen molar-refractivity contribution in [2.75, 3.05) is 18.5 Å². The number of anilines is 1. The highest BCUT2D eigenvalue weighted by atomic mass is 32.2. The van der Waals surface area contributed by atoms with Crippen molar-refractivity contribution in [1.29, 1.82) is 0 Å². The number of aryl methyl sites for hydroxylation is 1. The minimum absolute atomic E-state index is 0.00471. The Morgan fingerprint density at radius 1 is 1.25 bits per heavy atom. The van der Waals surface area contributed by atoms with Crippen LogP contribution >= 0.6 is 23.1 Å². The predicted molar refractivity (Wildman–Crippen MR) is 148 cm³/mol. The van der Waals surface area contributed by atoms with E-state index in [0.29, 0.717) is 13.2 Å². The van der Waals surface area contributed by atoms with Crippen molar-refractivity contribution in [3.63, 3.8) is 0 Å². The lowest BCUT2D eigenvalue weighted by molar-refractivity contribution is -0.120. The summed E-state index contributed by atoms with van der Waals surface area (Å²) in [5.74, 6) is 0.816. The van der Waals surface area contributed by atoms with Crippen LogP contribution in [0, 0.1) is 6.92 Å². The number of para-hydroxylation sites is 1. The first-order chi connectivity index (χ1) is 17.6. The zero-order chi connectivity index (χ0) is 24.9. The smallest absolute Gasteiger partial charge is 0.241 e. The molecule has 6 nitrogen and oxygen atoms in total. The molecule has 3 heterocycles. The molecule has 1 saturated heterocycles. The molecule has 8 heteroatoms. The number of likely N-dealkylation sites (tertiary alicyclic amines) is 1. The summed E-state index contributed by atoms with van der Waals surface area (Å²) in [6, 6.07) is 19.6. The van der Waals surface area contributed by atoms with Crippen LogP contribution in [0.1, 0.15) is 17.0 Å². The number of carbonyl (C=O) groups excluding carboxylic acids is 1. The summed E-state index contributed by atoms with van der Waals surface area (Å²) in [4.78, 5) is 24.9. The summed E-state index contributed by atoms with van der Waals surface area (Å²) < 4.78 is 7.01. The maximum Gasteiger partial charge on any atom is 0.241 e. The van der Waals surface area contributed by atoms with Gasteiger partial charge in [0, 0.05) is 35.8 Å². The second kappa shape index (κ2) is 11.2. The van der Waals surface area contributed by atoms with Crippen LogP contribution in [-0.2, 0) is 11.3 Å². The quantitative estimate of drug-likeness (QED) is 0.278. The van der Waals surface area contributed by atoms with Gasteiger partial charge in [0.1, 0.15) is 12.4 Å². The molecular weight excluding hydrogens is 488 g/mol. The molecule has 0 unspecified atom stereocenters. The highest BCUT2D eigenvalue weighted by molar-refractivity contribution is 7.99. The average Bonchev–Trinajstić information content (AvgIpc) is 3.45. The molecule has 2 aromatic carbocycles. The number of carbonyl (C=O) groups is 1. The second-order valence-corrected chi connectivity index (χ2v) is 11.3. The van der Waals surface area contributed by atoms with Crippen molar-refractivity contribution in [1.82, 2.24) is 14.9 Å². The number of thiazole rings is 1. The molecule has 0 aliphatic carbocycles. The van der Waals surface area contributed by atoms with Gasteiger partial charge in [0.2, 0.25) is 5.91 Å². The summed E-state index contributed by atoms with van der Waals surface area (Å²) in [5, 5.41) is 5.39. The third-order valence-electron chi connectivity index (χ3n) is 6.06. The highest BCUT2D eigenvalue weighted by Gasteiger charge is 2.37. The molecule has 1 aliphatic rings. The molecular formula is C28H28N4O2S2. The monoisotopic (exact) mass is 516 g/mol. The van der Waals surface area contributed by atoms with Crippen molar-refractivity contribution in [3.05, 3.63) is 90.1 Å². The minimum Gasteiger partial charge on any atom is -0.489 e. The van der Waals surface area contributed by atoms with Crippen LogP contribution in [0.2, 0.25) is 0 Å². The number of thioether (sulfide) groups is 1. The molecule has 0 bridgehead atoms. The molecule has 1 aliphatic heterocycles. The maximum absolute atomic E-state index is 13.6. The van der Waals surface area contributed by atoms with Gasteiger partial charge in [0.15, 0.2) is 0 Å². The van der Waals surface area contributed by atoms with E-state index in [1.165, 1.54) is 0 Å². The van der Waals surface area contributed by atoms with E-state index in [0.717, 1.165) is 50.2 Å². The average molecular weight is 517 g/mol. The second-order valence-electron chi connectivity index (χ2n) is 8.70. The number of pyridine rings is 1. The van der Waals surface area contributed by atoms with E-state index in [-0.39, 0.29) is 17.2 Å². The molecule has 0 spiro atoms. The molecule has 1 amide bonds. The van der Waals surface area contributed by atoms with E-state index in [1.807, 2.05) is 67.7 Å². The number of aromatic nitrogens is 2. The largest absolute Gasteiger partial charge is 0.489 e. The number of benzene rings is 2. The van der Waals surface area contributed by atoms with Gasteiger partial charge >= 0.3 is 0 Å². The van der Waals surface area contributed by atoms with Crippen LogP contribution < -0.4 is 10.1 Å². The van der Waals surface area contributed by atoms with E-state index in [2.05, 4.69) is 32.8 Å².